The molecule has 0 N–H and O–H groups in total. The standard InChI is InChI=1S/C6H8Si/c1-7-3-2-4-5(7)6(4)7/h2-6H,1H3. The second-order valence-corrected chi connectivity index (χ2v) is 7.75. The van der Waals surface area contributed by atoms with Crippen LogP contribution >= 0.6 is 0 Å². The first kappa shape index (κ1) is 3.08. The molecule has 0 aromatic carbocycles. The van der Waals surface area contributed by atoms with Crippen molar-refractivity contribution in [3.8, 4) is 0 Å². The maximum atomic E-state index is 2.55. The van der Waals surface area contributed by atoms with Gasteiger partial charge in [-0.15, -0.1) is 0 Å². The summed E-state index contributed by atoms with van der Waals surface area (Å²) in [6, 6.07) is 0. The van der Waals surface area contributed by atoms with Crippen molar-refractivity contribution in [3.05, 3.63) is 11.8 Å². The second-order valence-electron chi connectivity index (χ2n) is 3.35. The van der Waals surface area contributed by atoms with Crippen LogP contribution in [0.2, 0.25) is 17.6 Å². The molecule has 0 spiro atoms. The topological polar surface area (TPSA) is 0 Å². The third-order valence-electron chi connectivity index (χ3n) is 3.08. The van der Waals surface area contributed by atoms with Gasteiger partial charge in [0.05, 0.1) is 8.07 Å². The predicted octanol–water partition coefficient (Wildman–Crippen LogP) is 1.56. The first-order valence-corrected chi connectivity index (χ1v) is 5.76. The van der Waals surface area contributed by atoms with Crippen molar-refractivity contribution in [2.45, 2.75) is 17.6 Å². The number of allylic oxidation sites excluding steroid dienone is 1. The average molecular weight is 108 g/mol. The molecule has 0 aromatic rings. The van der Waals surface area contributed by atoms with Crippen molar-refractivity contribution < 1.29 is 0 Å². The lowest BCUT2D eigenvalue weighted by molar-refractivity contribution is 1.08. The Morgan fingerprint density at radius 3 is 2.29 bits per heavy atom. The summed E-state index contributed by atoms with van der Waals surface area (Å²) < 4.78 is 0. The SMILES string of the molecule is C[Si]12C=CC3C1C32. The van der Waals surface area contributed by atoms with Crippen molar-refractivity contribution in [3.63, 3.8) is 0 Å². The van der Waals surface area contributed by atoms with Crippen LogP contribution in [0.25, 0.3) is 0 Å². The molecule has 1 saturated heterocycles. The molecule has 2 atom stereocenters. The molecule has 3 heterocycles. The summed E-state index contributed by atoms with van der Waals surface area (Å²) in [5.74, 6) is 1.12. The fraction of sp³-hybridized carbons (Fsp3) is 0.667. The zero-order valence-corrected chi connectivity index (χ0v) is 5.39. The van der Waals surface area contributed by atoms with Gasteiger partial charge < -0.3 is 0 Å². The van der Waals surface area contributed by atoms with E-state index in [4.69, 9.17) is 0 Å². The normalized spacial score (nSPS) is 78.7. The minimum Gasteiger partial charge on any atom is -0.0975 e. The number of hydrogen-bond acceptors (Lipinski definition) is 0. The van der Waals surface area contributed by atoms with E-state index in [2.05, 4.69) is 18.3 Å². The lowest BCUT2D eigenvalue weighted by atomic mass is 10.4. The Balaban J connectivity index is 2.27. The largest absolute Gasteiger partial charge is 0.0975 e. The molecule has 0 amide bonds. The molecule has 0 aromatic heterocycles. The molecule has 2 unspecified atom stereocenters. The van der Waals surface area contributed by atoms with Gasteiger partial charge in [-0.3, -0.25) is 0 Å². The molecule has 1 heteroatoms. The summed E-state index contributed by atoms with van der Waals surface area (Å²) >= 11 is 0. The molecular formula is C6H8Si. The van der Waals surface area contributed by atoms with Gasteiger partial charge in [-0.05, 0) is 17.0 Å². The quantitative estimate of drug-likeness (QED) is 0.413. The Hall–Kier alpha value is -0.0431. The van der Waals surface area contributed by atoms with E-state index in [1.807, 2.05) is 0 Å². The van der Waals surface area contributed by atoms with E-state index >= 15 is 0 Å². The smallest absolute Gasteiger partial charge is 0.0816 e. The summed E-state index contributed by atoms with van der Waals surface area (Å²) in [6.45, 7) is 2.52. The molecule has 0 nitrogen and oxygen atoms in total. The van der Waals surface area contributed by atoms with Crippen molar-refractivity contribution >= 4 is 8.07 Å². The maximum Gasteiger partial charge on any atom is 0.0816 e. The Labute approximate surface area is 44.2 Å². The summed E-state index contributed by atoms with van der Waals surface area (Å²) in [7, 11) is -0.494. The molecule has 3 aliphatic heterocycles. The summed E-state index contributed by atoms with van der Waals surface area (Å²) in [4.78, 5) is 0. The van der Waals surface area contributed by atoms with Crippen molar-refractivity contribution in [2.75, 3.05) is 0 Å². The molecule has 2 bridgehead atoms. The van der Waals surface area contributed by atoms with E-state index < -0.39 is 8.07 Å². The molecular weight excluding hydrogens is 100 g/mol. The highest BCUT2D eigenvalue weighted by Gasteiger charge is 2.83. The van der Waals surface area contributed by atoms with Gasteiger partial charge in [0.2, 0.25) is 0 Å². The fourth-order valence-corrected chi connectivity index (χ4v) is 7.68. The second kappa shape index (κ2) is 0.509. The number of hydrogen-bond donors (Lipinski definition) is 0. The van der Waals surface area contributed by atoms with Crippen molar-refractivity contribution in [1.29, 1.82) is 0 Å². The van der Waals surface area contributed by atoms with Gasteiger partial charge >= 0.3 is 0 Å². The molecule has 7 heavy (non-hydrogen) atoms. The maximum absolute atomic E-state index is 2.55. The van der Waals surface area contributed by atoms with E-state index in [1.54, 1.807) is 0 Å². The van der Waals surface area contributed by atoms with Crippen LogP contribution in [0.15, 0.2) is 11.8 Å². The highest BCUT2D eigenvalue weighted by molar-refractivity contribution is 7.01. The first-order valence-electron chi connectivity index (χ1n) is 3.03. The Morgan fingerprint density at radius 2 is 2.14 bits per heavy atom. The molecule has 2 fully saturated rings. The van der Waals surface area contributed by atoms with Crippen LogP contribution in [0.5, 0.6) is 0 Å². The van der Waals surface area contributed by atoms with Gasteiger partial charge in [0.15, 0.2) is 0 Å². The van der Waals surface area contributed by atoms with Gasteiger partial charge in [0, 0.05) is 0 Å². The van der Waals surface area contributed by atoms with E-state index in [0.29, 0.717) is 0 Å². The van der Waals surface area contributed by atoms with E-state index in [0.717, 1.165) is 5.92 Å². The first-order chi connectivity index (χ1) is 3.34. The van der Waals surface area contributed by atoms with Crippen molar-refractivity contribution in [2.24, 2.45) is 5.92 Å². The van der Waals surface area contributed by atoms with E-state index in [1.165, 1.54) is 11.1 Å². The van der Waals surface area contributed by atoms with E-state index in [-0.39, 0.29) is 0 Å². The third-order valence-corrected chi connectivity index (χ3v) is 7.97. The lowest BCUT2D eigenvalue weighted by Crippen LogP contribution is -2.10. The van der Waals surface area contributed by atoms with Crippen LogP contribution < -0.4 is 0 Å². The minimum atomic E-state index is -0.494. The Bertz CT molecular complexity index is 161. The van der Waals surface area contributed by atoms with Crippen LogP contribution in [-0.2, 0) is 0 Å². The van der Waals surface area contributed by atoms with Gasteiger partial charge in [-0.2, -0.15) is 0 Å². The van der Waals surface area contributed by atoms with Gasteiger partial charge in [0.1, 0.15) is 0 Å². The van der Waals surface area contributed by atoms with Crippen LogP contribution in [0.3, 0.4) is 0 Å². The van der Waals surface area contributed by atoms with Crippen LogP contribution in [-0.4, -0.2) is 8.07 Å². The monoisotopic (exact) mass is 108 g/mol. The zero-order valence-electron chi connectivity index (χ0n) is 4.39. The molecule has 4 rings (SSSR count). The summed E-state index contributed by atoms with van der Waals surface area (Å²) in [5.41, 5.74) is 5.09. The van der Waals surface area contributed by atoms with Crippen molar-refractivity contribution in [1.82, 2.24) is 0 Å². The minimum absolute atomic E-state index is 0.494. The summed E-state index contributed by atoms with van der Waals surface area (Å²) in [5, 5.41) is 0. The van der Waals surface area contributed by atoms with Gasteiger partial charge in [-0.25, -0.2) is 0 Å². The molecule has 1 aliphatic carbocycles. The molecule has 1 saturated carbocycles. The Morgan fingerprint density at radius 1 is 1.43 bits per heavy atom. The molecule has 36 valence electrons. The third kappa shape index (κ3) is 0.138. The highest BCUT2D eigenvalue weighted by Crippen LogP contribution is 2.89. The van der Waals surface area contributed by atoms with Crippen LogP contribution in [0.4, 0.5) is 0 Å². The van der Waals surface area contributed by atoms with Crippen LogP contribution in [0, 0.1) is 5.92 Å². The molecule has 4 aliphatic rings. The highest BCUT2D eigenvalue weighted by atomic mass is 28.3. The number of rotatable bonds is 0. The zero-order chi connectivity index (χ0) is 4.65. The molecule has 0 radical (unpaired) electrons. The summed E-state index contributed by atoms with van der Waals surface area (Å²) in [6.07, 6.45) is 2.46. The van der Waals surface area contributed by atoms with Gasteiger partial charge in [0.25, 0.3) is 0 Å². The predicted molar refractivity (Wildman–Crippen MR) is 31.7 cm³/mol. The average Bonchev–Trinajstić information content (AvgIpc) is 2.42. The Kier molecular flexibility index (Phi) is 0.224. The van der Waals surface area contributed by atoms with E-state index in [9.17, 15) is 0 Å². The van der Waals surface area contributed by atoms with Crippen LogP contribution in [0.1, 0.15) is 0 Å². The lowest BCUT2D eigenvalue weighted by Gasteiger charge is -2.00. The van der Waals surface area contributed by atoms with Gasteiger partial charge in [-0.1, -0.05) is 18.3 Å². The fourth-order valence-electron chi connectivity index (χ4n) is 2.43.